The summed E-state index contributed by atoms with van der Waals surface area (Å²) in [4.78, 5) is 19.5. The van der Waals surface area contributed by atoms with E-state index in [9.17, 15) is 0 Å². The maximum Gasteiger partial charge on any atom is 0.166 e. The molecule has 182 valence electrons. The van der Waals surface area contributed by atoms with Crippen molar-refractivity contribution in [2.24, 2.45) is 0 Å². The molecule has 0 N–H and O–H groups in total. The van der Waals surface area contributed by atoms with Crippen LogP contribution in [0.3, 0.4) is 0 Å². The molecule has 0 fully saturated rings. The second-order valence-electron chi connectivity index (χ2n) is 9.59. The van der Waals surface area contributed by atoms with Crippen molar-refractivity contribution in [1.29, 1.82) is 0 Å². The van der Waals surface area contributed by atoms with Crippen LogP contribution in [0.5, 0.6) is 0 Å². The van der Waals surface area contributed by atoms with Gasteiger partial charge >= 0.3 is 0 Å². The third-order valence-corrected chi connectivity index (χ3v) is 7.18. The van der Waals surface area contributed by atoms with E-state index in [0.29, 0.717) is 23.1 Å². The van der Waals surface area contributed by atoms with Crippen molar-refractivity contribution in [3.63, 3.8) is 0 Å². The highest BCUT2D eigenvalue weighted by atomic mass is 16.3. The summed E-state index contributed by atoms with van der Waals surface area (Å²) in [6.45, 7) is 0. The highest BCUT2D eigenvalue weighted by Crippen LogP contribution is 2.36. The van der Waals surface area contributed by atoms with Crippen LogP contribution in [0.15, 0.2) is 126 Å². The van der Waals surface area contributed by atoms with Gasteiger partial charge in [0, 0.05) is 33.7 Å². The number of pyridine rings is 1. The van der Waals surface area contributed by atoms with Crippen LogP contribution in [0.2, 0.25) is 0 Å². The van der Waals surface area contributed by atoms with E-state index in [0.717, 1.165) is 43.8 Å². The molecule has 0 unspecified atom stereocenters. The molecular weight excluding hydrogens is 480 g/mol. The van der Waals surface area contributed by atoms with Crippen LogP contribution < -0.4 is 0 Å². The van der Waals surface area contributed by atoms with Crippen LogP contribution in [0, 0.1) is 0 Å². The second-order valence-corrected chi connectivity index (χ2v) is 9.59. The fourth-order valence-electron chi connectivity index (χ4n) is 5.26. The highest BCUT2D eigenvalue weighted by Gasteiger charge is 2.18. The Balaban J connectivity index is 1.40. The molecule has 0 aliphatic rings. The minimum Gasteiger partial charge on any atom is -0.454 e. The number of furan rings is 1. The van der Waals surface area contributed by atoms with Crippen molar-refractivity contribution >= 4 is 43.5 Å². The van der Waals surface area contributed by atoms with E-state index in [1.165, 1.54) is 10.8 Å². The summed E-state index contributed by atoms with van der Waals surface area (Å²) in [5.41, 5.74) is 4.17. The Hall–Kier alpha value is -5.42. The molecule has 8 aromatic rings. The lowest BCUT2D eigenvalue weighted by molar-refractivity contribution is 0.667. The van der Waals surface area contributed by atoms with Gasteiger partial charge in [0.05, 0.1) is 6.20 Å². The molecule has 39 heavy (non-hydrogen) atoms. The molecule has 5 aromatic carbocycles. The van der Waals surface area contributed by atoms with Crippen LogP contribution in [-0.4, -0.2) is 19.9 Å². The first-order valence-electron chi connectivity index (χ1n) is 12.8. The lowest BCUT2D eigenvalue weighted by atomic mass is 10.0. The van der Waals surface area contributed by atoms with Gasteiger partial charge in [-0.2, -0.15) is 0 Å². The number of hydrogen-bond acceptors (Lipinski definition) is 5. The van der Waals surface area contributed by atoms with E-state index >= 15 is 0 Å². The van der Waals surface area contributed by atoms with Crippen molar-refractivity contribution in [1.82, 2.24) is 19.9 Å². The Labute approximate surface area is 223 Å². The van der Waals surface area contributed by atoms with Gasteiger partial charge in [0.2, 0.25) is 0 Å². The largest absolute Gasteiger partial charge is 0.454 e. The zero-order valence-electron chi connectivity index (χ0n) is 20.7. The first-order chi connectivity index (χ1) is 19.3. The summed E-state index contributed by atoms with van der Waals surface area (Å²) in [7, 11) is 0. The van der Waals surface area contributed by atoms with Crippen molar-refractivity contribution in [2.75, 3.05) is 0 Å². The summed E-state index contributed by atoms with van der Waals surface area (Å²) in [5.74, 6) is 1.78. The Morgan fingerprint density at radius 3 is 1.69 bits per heavy atom. The first kappa shape index (κ1) is 21.6. The van der Waals surface area contributed by atoms with E-state index in [-0.39, 0.29) is 0 Å². The lowest BCUT2D eigenvalue weighted by Crippen LogP contribution is -2.01. The third-order valence-electron chi connectivity index (χ3n) is 7.18. The molecule has 5 heteroatoms. The number of benzene rings is 5. The van der Waals surface area contributed by atoms with Gasteiger partial charge < -0.3 is 4.42 Å². The van der Waals surface area contributed by atoms with Gasteiger partial charge in [0.25, 0.3) is 0 Å². The van der Waals surface area contributed by atoms with Gasteiger partial charge in [-0.3, -0.25) is 4.98 Å². The predicted octanol–water partition coefficient (Wildman–Crippen LogP) is 8.47. The number of para-hydroxylation sites is 1. The molecule has 0 aliphatic carbocycles. The Kier molecular flexibility index (Phi) is 4.76. The summed E-state index contributed by atoms with van der Waals surface area (Å²) in [5, 5.41) is 6.56. The minimum atomic E-state index is 0.556. The average Bonchev–Trinajstić information content (AvgIpc) is 3.39. The van der Waals surface area contributed by atoms with Crippen LogP contribution in [0.4, 0.5) is 0 Å². The van der Waals surface area contributed by atoms with Gasteiger partial charge in [-0.15, -0.1) is 0 Å². The van der Waals surface area contributed by atoms with Gasteiger partial charge in [0.15, 0.2) is 23.1 Å². The minimum absolute atomic E-state index is 0.556. The molecule has 0 saturated heterocycles. The first-order valence-corrected chi connectivity index (χ1v) is 12.8. The zero-order chi connectivity index (χ0) is 25.8. The molecule has 0 amide bonds. The molecule has 3 heterocycles. The molecule has 0 spiro atoms. The maximum absolute atomic E-state index is 6.11. The smallest absolute Gasteiger partial charge is 0.166 e. The zero-order valence-corrected chi connectivity index (χ0v) is 20.7. The van der Waals surface area contributed by atoms with Crippen LogP contribution >= 0.6 is 0 Å². The molecule has 0 aliphatic heterocycles. The Morgan fingerprint density at radius 1 is 0.462 bits per heavy atom. The van der Waals surface area contributed by atoms with Crippen molar-refractivity contribution < 1.29 is 4.42 Å². The average molecular weight is 501 g/mol. The van der Waals surface area contributed by atoms with Crippen molar-refractivity contribution in [3.8, 4) is 34.2 Å². The predicted molar refractivity (Wildman–Crippen MR) is 156 cm³/mol. The van der Waals surface area contributed by atoms with Gasteiger partial charge in [-0.05, 0) is 39.7 Å². The van der Waals surface area contributed by atoms with Gasteiger partial charge in [0.1, 0.15) is 5.58 Å². The monoisotopic (exact) mass is 500 g/mol. The quantitative estimate of drug-likeness (QED) is 0.243. The molecule has 3 aromatic heterocycles. The Bertz CT molecular complexity index is 2100. The Morgan fingerprint density at radius 2 is 1.03 bits per heavy atom. The van der Waals surface area contributed by atoms with Gasteiger partial charge in [-0.1, -0.05) is 91.0 Å². The normalized spacial score (nSPS) is 11.6. The van der Waals surface area contributed by atoms with E-state index in [4.69, 9.17) is 19.4 Å². The lowest BCUT2D eigenvalue weighted by Gasteiger charge is -2.10. The molecule has 0 bridgehead atoms. The number of fused-ring (bicyclic) bond motifs is 5. The highest BCUT2D eigenvalue weighted by molar-refractivity contribution is 6.11. The molecule has 5 nitrogen and oxygen atoms in total. The summed E-state index contributed by atoms with van der Waals surface area (Å²) < 4.78 is 6.11. The molecule has 0 radical (unpaired) electrons. The maximum atomic E-state index is 6.11. The van der Waals surface area contributed by atoms with Crippen molar-refractivity contribution in [2.45, 2.75) is 0 Å². The number of aromatic nitrogens is 4. The van der Waals surface area contributed by atoms with Crippen LogP contribution in [-0.2, 0) is 0 Å². The molecule has 0 atom stereocenters. The SMILES string of the molecule is c1ccc2cc(-c3nc(-c4ccc5ccccc5c4)nc(-c4cncc5oc6ccccc6c45)n3)ccc2c1. The van der Waals surface area contributed by atoms with Crippen LogP contribution in [0.1, 0.15) is 0 Å². The van der Waals surface area contributed by atoms with E-state index < -0.39 is 0 Å². The summed E-state index contributed by atoms with van der Waals surface area (Å²) >= 11 is 0. The fraction of sp³-hybridized carbons (Fsp3) is 0. The molecular formula is C34H20N4O. The van der Waals surface area contributed by atoms with Gasteiger partial charge in [-0.25, -0.2) is 15.0 Å². The standard InChI is InChI=1S/C34H20N4O/c1-3-9-23-17-25(15-13-21(23)7-1)32-36-33(26-16-14-22-8-2-4-10-24(22)18-26)38-34(37-32)28-19-35-20-30-31(28)27-11-5-6-12-29(27)39-30/h1-20H. The molecule has 0 saturated carbocycles. The number of nitrogens with zero attached hydrogens (tertiary/aromatic N) is 4. The third kappa shape index (κ3) is 3.63. The number of hydrogen-bond donors (Lipinski definition) is 0. The fourth-order valence-corrected chi connectivity index (χ4v) is 5.26. The summed E-state index contributed by atoms with van der Waals surface area (Å²) in [6, 6.07) is 37.2. The van der Waals surface area contributed by atoms with Crippen molar-refractivity contribution in [3.05, 3.63) is 122 Å². The number of rotatable bonds is 3. The van der Waals surface area contributed by atoms with E-state index in [1.807, 2.05) is 48.7 Å². The topological polar surface area (TPSA) is 64.7 Å². The van der Waals surface area contributed by atoms with E-state index in [1.54, 1.807) is 6.20 Å². The summed E-state index contributed by atoms with van der Waals surface area (Å²) in [6.07, 6.45) is 3.56. The second kappa shape index (κ2) is 8.57. The molecule has 8 rings (SSSR count). The van der Waals surface area contributed by atoms with E-state index in [2.05, 4.69) is 71.7 Å². The van der Waals surface area contributed by atoms with Crippen LogP contribution in [0.25, 0.3) is 77.6 Å².